The fraction of sp³-hybridized carbons (Fsp3) is 0.381. The first-order chi connectivity index (χ1) is 13.1. The lowest BCUT2D eigenvalue weighted by molar-refractivity contribution is -0.534. The molecule has 5 nitrogen and oxygen atoms in total. The molecule has 3 aliphatic rings. The van der Waals surface area contributed by atoms with E-state index in [0.717, 1.165) is 48.6 Å². The molecule has 1 unspecified atom stereocenters. The Bertz CT molecular complexity index is 918. The summed E-state index contributed by atoms with van der Waals surface area (Å²) in [6, 6.07) is 13.4. The normalized spacial score (nSPS) is 23.3. The van der Waals surface area contributed by atoms with Crippen LogP contribution in [-0.4, -0.2) is 35.4 Å². The van der Waals surface area contributed by atoms with Crippen LogP contribution in [0.4, 0.5) is 5.69 Å². The van der Waals surface area contributed by atoms with E-state index in [4.69, 9.17) is 21.1 Å². The summed E-state index contributed by atoms with van der Waals surface area (Å²) in [5.74, 6) is 2.64. The molecule has 2 aromatic rings. The van der Waals surface area contributed by atoms with E-state index >= 15 is 0 Å². The third-order valence-corrected chi connectivity index (χ3v) is 5.91. The number of fused-ring (bicyclic) bond motifs is 1. The number of benzene rings is 2. The van der Waals surface area contributed by atoms with Crippen LogP contribution in [0.1, 0.15) is 31.2 Å². The molecule has 7 heteroatoms. The molecule has 0 radical (unpaired) electrons. The third kappa shape index (κ3) is 3.17. The van der Waals surface area contributed by atoms with Crippen molar-refractivity contribution in [2.24, 2.45) is 0 Å². The van der Waals surface area contributed by atoms with Gasteiger partial charge in [0.15, 0.2) is 18.0 Å². The minimum absolute atomic E-state index is 0. The molecular formula is C21H22BrClN2O3. The summed E-state index contributed by atoms with van der Waals surface area (Å²) in [5, 5.41) is 12.6. The van der Waals surface area contributed by atoms with Crippen LogP contribution >= 0.6 is 11.6 Å². The van der Waals surface area contributed by atoms with Gasteiger partial charge in [-0.1, -0.05) is 23.7 Å². The summed E-state index contributed by atoms with van der Waals surface area (Å²) in [7, 11) is 0. The Balaban J connectivity index is 0.00000192. The van der Waals surface area contributed by atoms with Crippen molar-refractivity contribution in [2.75, 3.05) is 24.8 Å². The molecule has 0 saturated heterocycles. The Kier molecular flexibility index (Phi) is 5.29. The summed E-state index contributed by atoms with van der Waals surface area (Å²) in [4.78, 5) is 2.07. The average molecular weight is 466 g/mol. The largest absolute Gasteiger partial charge is 1.00 e. The molecule has 3 aliphatic heterocycles. The first-order valence-corrected chi connectivity index (χ1v) is 9.82. The Morgan fingerprint density at radius 2 is 1.79 bits per heavy atom. The van der Waals surface area contributed by atoms with Crippen molar-refractivity contribution in [1.82, 2.24) is 0 Å². The van der Waals surface area contributed by atoms with E-state index in [1.165, 1.54) is 12.3 Å². The number of nitrogens with zero attached hydrogens (tertiary/aromatic N) is 2. The first kappa shape index (κ1) is 19.6. The highest BCUT2D eigenvalue weighted by atomic mass is 79.9. The average Bonchev–Trinajstić information content (AvgIpc) is 3.17. The smallest absolute Gasteiger partial charge is 0.275 e. The Morgan fingerprint density at radius 1 is 1.00 bits per heavy atom. The summed E-state index contributed by atoms with van der Waals surface area (Å²) in [6.07, 6.45) is 4.44. The number of anilines is 1. The van der Waals surface area contributed by atoms with E-state index in [0.29, 0.717) is 11.6 Å². The Hall–Kier alpha value is -1.76. The van der Waals surface area contributed by atoms with Crippen molar-refractivity contribution in [2.45, 2.75) is 31.4 Å². The van der Waals surface area contributed by atoms with Gasteiger partial charge in [-0.05, 0) is 43.5 Å². The number of amidine groups is 1. The lowest BCUT2D eigenvalue weighted by atomic mass is 10.00. The summed E-state index contributed by atoms with van der Waals surface area (Å²) < 4.78 is 13.4. The van der Waals surface area contributed by atoms with E-state index in [-0.39, 0.29) is 23.8 Å². The zero-order valence-electron chi connectivity index (χ0n) is 15.4. The maximum absolute atomic E-state index is 11.9. The van der Waals surface area contributed by atoms with Crippen molar-refractivity contribution >= 4 is 23.1 Å². The van der Waals surface area contributed by atoms with Crippen molar-refractivity contribution in [3.63, 3.8) is 0 Å². The van der Waals surface area contributed by atoms with Gasteiger partial charge in [-0.3, -0.25) is 4.58 Å². The number of hydrogen-bond acceptors (Lipinski definition) is 4. The molecule has 0 saturated carbocycles. The fourth-order valence-electron chi connectivity index (χ4n) is 4.35. The zero-order chi connectivity index (χ0) is 18.4. The second kappa shape index (κ2) is 7.58. The molecule has 148 valence electrons. The van der Waals surface area contributed by atoms with Crippen LogP contribution in [0.3, 0.4) is 0 Å². The van der Waals surface area contributed by atoms with Gasteiger partial charge in [0.05, 0.1) is 6.54 Å². The van der Waals surface area contributed by atoms with Gasteiger partial charge in [-0.25, -0.2) is 0 Å². The molecule has 5 rings (SSSR count). The van der Waals surface area contributed by atoms with Gasteiger partial charge in [-0.15, -0.1) is 0 Å². The van der Waals surface area contributed by atoms with Crippen LogP contribution in [0.5, 0.6) is 11.5 Å². The molecule has 1 atom stereocenters. The summed E-state index contributed by atoms with van der Waals surface area (Å²) in [6.45, 7) is 1.74. The molecule has 0 aromatic heterocycles. The van der Waals surface area contributed by atoms with Crippen LogP contribution in [0.2, 0.25) is 5.02 Å². The lowest BCUT2D eigenvalue weighted by Crippen LogP contribution is -3.00. The second-order valence-electron chi connectivity index (χ2n) is 7.34. The number of aliphatic hydroxyl groups is 1. The highest BCUT2D eigenvalue weighted by Crippen LogP contribution is 2.42. The van der Waals surface area contributed by atoms with E-state index in [1.54, 1.807) is 0 Å². The standard InChI is InChI=1S/C21H22ClN2O3.BrH/c22-16-7-5-15(6-8-16)21(25)13-23-11-3-1-2-4-20(23)24(21)17-9-10-18-19(12-17)27-14-26-18;/h5-10,12,25H,1-4,11,13-14H2;1H/q+1;/p-1. The Morgan fingerprint density at radius 3 is 2.61 bits per heavy atom. The molecule has 0 spiro atoms. The van der Waals surface area contributed by atoms with Gasteiger partial charge in [0.2, 0.25) is 6.79 Å². The first-order valence-electron chi connectivity index (χ1n) is 9.44. The van der Waals surface area contributed by atoms with Crippen molar-refractivity contribution in [3.8, 4) is 11.5 Å². The van der Waals surface area contributed by atoms with Crippen LogP contribution in [-0.2, 0) is 5.72 Å². The van der Waals surface area contributed by atoms with Crippen LogP contribution < -0.4 is 31.4 Å². The molecule has 2 aromatic carbocycles. The Labute approximate surface area is 179 Å². The molecule has 0 amide bonds. The molecule has 0 fully saturated rings. The minimum atomic E-state index is -1.15. The minimum Gasteiger partial charge on any atom is -1.00 e. The topological polar surface area (TPSA) is 44.9 Å². The third-order valence-electron chi connectivity index (χ3n) is 5.65. The highest BCUT2D eigenvalue weighted by Gasteiger charge is 2.54. The molecule has 0 aliphatic carbocycles. The van der Waals surface area contributed by atoms with E-state index in [9.17, 15) is 5.11 Å². The highest BCUT2D eigenvalue weighted by molar-refractivity contribution is 6.30. The van der Waals surface area contributed by atoms with E-state index in [2.05, 4.69) is 9.48 Å². The summed E-state index contributed by atoms with van der Waals surface area (Å²) in [5.41, 5.74) is 0.603. The van der Waals surface area contributed by atoms with Gasteiger partial charge >= 0.3 is 0 Å². The van der Waals surface area contributed by atoms with Crippen molar-refractivity contribution in [1.29, 1.82) is 0 Å². The van der Waals surface area contributed by atoms with E-state index in [1.807, 2.05) is 42.5 Å². The number of halogens is 2. The quantitative estimate of drug-likeness (QED) is 0.664. The molecule has 3 heterocycles. The molecule has 0 bridgehead atoms. The van der Waals surface area contributed by atoms with Crippen LogP contribution in [0, 0.1) is 0 Å². The van der Waals surface area contributed by atoms with Crippen LogP contribution in [0.15, 0.2) is 42.5 Å². The second-order valence-corrected chi connectivity index (χ2v) is 7.78. The zero-order valence-corrected chi connectivity index (χ0v) is 17.7. The van der Waals surface area contributed by atoms with Crippen molar-refractivity contribution < 1.29 is 36.1 Å². The van der Waals surface area contributed by atoms with Crippen LogP contribution in [0.25, 0.3) is 0 Å². The predicted molar refractivity (Wildman–Crippen MR) is 104 cm³/mol. The molecular weight excluding hydrogens is 444 g/mol. The maximum atomic E-state index is 11.9. The van der Waals surface area contributed by atoms with Gasteiger partial charge in [-0.2, -0.15) is 4.90 Å². The molecule has 28 heavy (non-hydrogen) atoms. The lowest BCUT2D eigenvalue weighted by Gasteiger charge is -2.29. The predicted octanol–water partition coefficient (Wildman–Crippen LogP) is 0.723. The number of rotatable bonds is 2. The number of hydrogen-bond donors (Lipinski definition) is 1. The fourth-order valence-corrected chi connectivity index (χ4v) is 4.47. The van der Waals surface area contributed by atoms with E-state index < -0.39 is 5.72 Å². The van der Waals surface area contributed by atoms with Gasteiger partial charge in [0, 0.05) is 23.1 Å². The van der Waals surface area contributed by atoms with Gasteiger partial charge in [0.25, 0.3) is 11.6 Å². The molecule has 1 N–H and O–H groups in total. The van der Waals surface area contributed by atoms with Gasteiger partial charge < -0.3 is 31.6 Å². The van der Waals surface area contributed by atoms with Gasteiger partial charge in [0.1, 0.15) is 5.69 Å². The monoisotopic (exact) mass is 464 g/mol. The van der Waals surface area contributed by atoms with Crippen molar-refractivity contribution in [3.05, 3.63) is 53.1 Å². The maximum Gasteiger partial charge on any atom is 0.275 e. The SMILES string of the molecule is OC1(c2ccc(Cl)cc2)C[N+]2=C(CCCCC2)N1c1ccc2c(c1)OCO2.[Br-]. The number of ether oxygens (including phenoxy) is 2. The summed E-state index contributed by atoms with van der Waals surface area (Å²) >= 11 is 6.08.